The first-order valence-electron chi connectivity index (χ1n) is 6.29. The molecule has 0 spiro atoms. The fourth-order valence-electron chi connectivity index (χ4n) is 2.18. The van der Waals surface area contributed by atoms with Gasteiger partial charge in [-0.15, -0.1) is 0 Å². The third-order valence-electron chi connectivity index (χ3n) is 3.67. The monoisotopic (exact) mass is 229 g/mol. The summed E-state index contributed by atoms with van der Waals surface area (Å²) in [6.45, 7) is 9.39. The maximum Gasteiger partial charge on any atom is 0.0225 e. The lowest BCUT2D eigenvalue weighted by molar-refractivity contribution is 0.280. The lowest BCUT2D eigenvalue weighted by Gasteiger charge is -2.28. The van der Waals surface area contributed by atoms with Crippen molar-refractivity contribution in [1.29, 1.82) is 0 Å². The third-order valence-corrected chi connectivity index (χ3v) is 4.92. The summed E-state index contributed by atoms with van der Waals surface area (Å²) in [7, 11) is 0. The van der Waals surface area contributed by atoms with Gasteiger partial charge in [-0.2, -0.15) is 11.8 Å². The van der Waals surface area contributed by atoms with E-state index in [-0.39, 0.29) is 0 Å². The van der Waals surface area contributed by atoms with Gasteiger partial charge < -0.3 is 5.32 Å². The molecule has 2 heteroatoms. The van der Waals surface area contributed by atoms with Crippen molar-refractivity contribution in [3.05, 3.63) is 0 Å². The fraction of sp³-hybridized carbons (Fsp3) is 1.00. The van der Waals surface area contributed by atoms with Crippen molar-refractivity contribution in [3.63, 3.8) is 0 Å². The molecule has 0 bridgehead atoms. The normalized spacial score (nSPS) is 28.0. The van der Waals surface area contributed by atoms with Gasteiger partial charge in [-0.05, 0) is 51.3 Å². The zero-order valence-corrected chi connectivity index (χ0v) is 11.6. The minimum absolute atomic E-state index is 0.391. The Morgan fingerprint density at radius 2 is 1.80 bits per heavy atom. The molecule has 0 amide bonds. The molecule has 0 saturated heterocycles. The second kappa shape index (κ2) is 6.15. The molecule has 15 heavy (non-hydrogen) atoms. The molecule has 0 radical (unpaired) electrons. The summed E-state index contributed by atoms with van der Waals surface area (Å²) in [6.07, 6.45) is 7.96. The summed E-state index contributed by atoms with van der Waals surface area (Å²) in [6, 6.07) is 0. The van der Waals surface area contributed by atoms with Gasteiger partial charge in [0.2, 0.25) is 0 Å². The zero-order valence-electron chi connectivity index (χ0n) is 10.8. The second-order valence-corrected chi connectivity index (χ2v) is 7.23. The summed E-state index contributed by atoms with van der Waals surface area (Å²) in [4.78, 5) is 0. The van der Waals surface area contributed by atoms with Gasteiger partial charge in [0.1, 0.15) is 0 Å². The van der Waals surface area contributed by atoms with E-state index in [1.807, 2.05) is 11.8 Å². The van der Waals surface area contributed by atoms with Crippen molar-refractivity contribution >= 4 is 11.8 Å². The van der Waals surface area contributed by atoms with Gasteiger partial charge in [0, 0.05) is 11.3 Å². The molecule has 1 nitrogen and oxygen atoms in total. The van der Waals surface area contributed by atoms with E-state index in [0.717, 1.165) is 18.4 Å². The Balaban J connectivity index is 2.10. The molecule has 1 rings (SSSR count). The van der Waals surface area contributed by atoms with Gasteiger partial charge in [-0.1, -0.05) is 19.8 Å². The third kappa shape index (κ3) is 5.26. The summed E-state index contributed by atoms with van der Waals surface area (Å²) in [5.74, 6) is 1.92. The minimum Gasteiger partial charge on any atom is -0.315 e. The Labute approximate surface area is 99.8 Å². The average molecular weight is 229 g/mol. The van der Waals surface area contributed by atoms with E-state index in [9.17, 15) is 0 Å². The predicted molar refractivity (Wildman–Crippen MR) is 71.6 cm³/mol. The maximum atomic E-state index is 3.64. The summed E-state index contributed by atoms with van der Waals surface area (Å²) in [5, 5.41) is 3.64. The number of thioether (sulfide) groups is 1. The molecule has 0 atom stereocenters. The number of hydrogen-bond donors (Lipinski definition) is 1. The zero-order chi connectivity index (χ0) is 11.3. The average Bonchev–Trinajstić information content (AvgIpc) is 2.21. The second-order valence-electron chi connectivity index (χ2n) is 5.72. The van der Waals surface area contributed by atoms with Crippen LogP contribution in [0, 0.1) is 11.8 Å². The smallest absolute Gasteiger partial charge is 0.0225 e. The number of rotatable bonds is 5. The van der Waals surface area contributed by atoms with E-state index in [1.54, 1.807) is 0 Å². The highest BCUT2D eigenvalue weighted by atomic mass is 32.2. The number of nitrogens with one attached hydrogen (secondary N) is 1. The topological polar surface area (TPSA) is 12.0 Å². The largest absolute Gasteiger partial charge is 0.315 e. The van der Waals surface area contributed by atoms with Gasteiger partial charge in [0.15, 0.2) is 0 Å². The Morgan fingerprint density at radius 1 is 1.20 bits per heavy atom. The van der Waals surface area contributed by atoms with Crippen LogP contribution in [0.4, 0.5) is 0 Å². The first-order chi connectivity index (χ1) is 7.03. The van der Waals surface area contributed by atoms with Crippen LogP contribution in [0.3, 0.4) is 0 Å². The lowest BCUT2D eigenvalue weighted by atomic mass is 9.83. The Bertz CT molecular complexity index is 171. The highest BCUT2D eigenvalue weighted by molar-refractivity contribution is 7.99. The molecule has 90 valence electrons. The van der Waals surface area contributed by atoms with Crippen molar-refractivity contribution in [3.8, 4) is 0 Å². The van der Waals surface area contributed by atoms with E-state index in [1.165, 1.54) is 32.2 Å². The van der Waals surface area contributed by atoms with Crippen molar-refractivity contribution < 1.29 is 0 Å². The Hall–Kier alpha value is 0.310. The van der Waals surface area contributed by atoms with E-state index in [0.29, 0.717) is 4.75 Å². The van der Waals surface area contributed by atoms with E-state index < -0.39 is 0 Å². The van der Waals surface area contributed by atoms with Crippen molar-refractivity contribution in [2.45, 2.75) is 51.2 Å². The predicted octanol–water partition coefficient (Wildman–Crippen LogP) is 3.54. The first kappa shape index (κ1) is 13.4. The van der Waals surface area contributed by atoms with Crippen LogP contribution in [0.2, 0.25) is 0 Å². The Kier molecular flexibility index (Phi) is 5.48. The summed E-state index contributed by atoms with van der Waals surface area (Å²) >= 11 is 1.95. The van der Waals surface area contributed by atoms with Gasteiger partial charge in [0.25, 0.3) is 0 Å². The number of hydrogen-bond acceptors (Lipinski definition) is 2. The highest BCUT2D eigenvalue weighted by Gasteiger charge is 2.19. The molecule has 1 fully saturated rings. The van der Waals surface area contributed by atoms with E-state index in [2.05, 4.69) is 32.3 Å². The van der Waals surface area contributed by atoms with Crippen LogP contribution in [-0.4, -0.2) is 24.1 Å². The molecule has 0 unspecified atom stereocenters. The molecule has 0 heterocycles. The van der Waals surface area contributed by atoms with E-state index in [4.69, 9.17) is 0 Å². The Morgan fingerprint density at radius 3 is 2.33 bits per heavy atom. The van der Waals surface area contributed by atoms with Crippen molar-refractivity contribution in [1.82, 2.24) is 5.32 Å². The van der Waals surface area contributed by atoms with Crippen LogP contribution in [0.15, 0.2) is 0 Å². The molecule has 0 aromatic heterocycles. The molecule has 1 aliphatic rings. The molecule has 1 N–H and O–H groups in total. The van der Waals surface area contributed by atoms with Gasteiger partial charge >= 0.3 is 0 Å². The summed E-state index contributed by atoms with van der Waals surface area (Å²) in [5.41, 5.74) is 0. The quantitative estimate of drug-likeness (QED) is 0.774. The molecule has 0 aromatic rings. The summed E-state index contributed by atoms with van der Waals surface area (Å²) < 4.78 is 0.391. The maximum absolute atomic E-state index is 3.64. The van der Waals surface area contributed by atoms with Crippen LogP contribution >= 0.6 is 11.8 Å². The molecule has 1 aliphatic carbocycles. The van der Waals surface area contributed by atoms with Gasteiger partial charge in [-0.25, -0.2) is 0 Å². The molecule has 1 saturated carbocycles. The molecule has 0 aliphatic heterocycles. The minimum atomic E-state index is 0.391. The standard InChI is InChI=1S/C13H27NS/c1-11-5-7-12(8-6-11)9-14-10-13(2,3)15-4/h11-12,14H,5-10H2,1-4H3. The SMILES string of the molecule is CSC(C)(C)CNCC1CCC(C)CC1. The van der Waals surface area contributed by atoms with E-state index >= 15 is 0 Å². The first-order valence-corrected chi connectivity index (χ1v) is 7.52. The fourth-order valence-corrected chi connectivity index (χ4v) is 2.43. The molecule has 0 aromatic carbocycles. The van der Waals surface area contributed by atoms with Crippen LogP contribution < -0.4 is 5.32 Å². The highest BCUT2D eigenvalue weighted by Crippen LogP contribution is 2.28. The van der Waals surface area contributed by atoms with Crippen molar-refractivity contribution in [2.24, 2.45) is 11.8 Å². The molecular formula is C13H27NS. The van der Waals surface area contributed by atoms with Crippen LogP contribution in [0.25, 0.3) is 0 Å². The van der Waals surface area contributed by atoms with Crippen LogP contribution in [0.5, 0.6) is 0 Å². The van der Waals surface area contributed by atoms with Gasteiger partial charge in [-0.3, -0.25) is 0 Å². The lowest BCUT2D eigenvalue weighted by Crippen LogP contribution is -2.35. The van der Waals surface area contributed by atoms with Crippen molar-refractivity contribution in [2.75, 3.05) is 19.3 Å². The van der Waals surface area contributed by atoms with Gasteiger partial charge in [0.05, 0.1) is 0 Å². The molecular weight excluding hydrogens is 202 g/mol. The van der Waals surface area contributed by atoms with Crippen LogP contribution in [-0.2, 0) is 0 Å². The van der Waals surface area contributed by atoms with Crippen LogP contribution in [0.1, 0.15) is 46.5 Å².